The molecule has 2 aliphatic carbocycles. The van der Waals surface area contributed by atoms with Crippen molar-refractivity contribution in [1.29, 1.82) is 5.26 Å². The number of Topliss-reactive ketones (excluding diaryl/α,β-unsaturated/α-hetero) is 2. The molecule has 3 aromatic carbocycles. The average Bonchev–Trinajstić information content (AvgIpc) is 3.22. The molecule has 2 heterocycles. The number of benzene rings is 3. The minimum absolute atomic E-state index is 0.0396. The number of piperidine rings is 2. The molecule has 0 spiro atoms. The molecular weight excluding hydrogens is 763 g/mol. The lowest BCUT2D eigenvalue weighted by atomic mass is 9.44. The number of nitrogens with zero attached hydrogens (tertiary/aromatic N) is 3. The lowest BCUT2D eigenvalue weighted by Crippen LogP contribution is -2.66. The normalized spacial score (nSPS) is 23.3. The van der Waals surface area contributed by atoms with Gasteiger partial charge in [-0.15, -0.1) is 0 Å². The Morgan fingerprint density at radius 3 is 2.27 bits per heavy atom. The zero-order valence-corrected chi connectivity index (χ0v) is 35.3. The van der Waals surface area contributed by atoms with Crippen molar-refractivity contribution < 1.29 is 23.5 Å². The average molecular weight is 817 g/mol. The van der Waals surface area contributed by atoms with Crippen LogP contribution in [0.2, 0.25) is 5.02 Å². The van der Waals surface area contributed by atoms with E-state index in [9.17, 15) is 19.6 Å². The van der Waals surface area contributed by atoms with Gasteiger partial charge in [0, 0.05) is 71.6 Å². The van der Waals surface area contributed by atoms with Gasteiger partial charge in [0.1, 0.15) is 23.7 Å². The maximum atomic E-state index is 15.2. The molecular formula is C49H54ClFN4O4. The van der Waals surface area contributed by atoms with Crippen molar-refractivity contribution in [3.8, 4) is 23.7 Å². The number of halogens is 2. The summed E-state index contributed by atoms with van der Waals surface area (Å²) in [5.74, 6) is 6.83. The topological polar surface area (TPSA) is 103 Å². The van der Waals surface area contributed by atoms with Crippen LogP contribution in [0.3, 0.4) is 0 Å². The third-order valence-corrected chi connectivity index (χ3v) is 13.8. The van der Waals surface area contributed by atoms with E-state index >= 15 is 4.39 Å². The van der Waals surface area contributed by atoms with Gasteiger partial charge < -0.3 is 19.9 Å². The number of likely N-dealkylation sites (tertiary alicyclic amines) is 1. The van der Waals surface area contributed by atoms with Crippen LogP contribution in [0.1, 0.15) is 111 Å². The Kier molecular flexibility index (Phi) is 12.4. The quantitative estimate of drug-likeness (QED) is 0.131. The molecule has 59 heavy (non-hydrogen) atoms. The number of ether oxygens (including phenoxy) is 1. The highest BCUT2D eigenvalue weighted by Crippen LogP contribution is 2.61. The molecule has 308 valence electrons. The summed E-state index contributed by atoms with van der Waals surface area (Å²) in [5.41, 5.74) is 3.12. The largest absolute Gasteiger partial charge is 0.489 e. The van der Waals surface area contributed by atoms with Gasteiger partial charge in [-0.25, -0.2) is 4.39 Å². The summed E-state index contributed by atoms with van der Waals surface area (Å²) >= 11 is 6.25. The molecule has 4 fully saturated rings. The lowest BCUT2D eigenvalue weighted by Gasteiger charge is -2.63. The Morgan fingerprint density at radius 1 is 0.949 bits per heavy atom. The maximum Gasteiger partial charge on any atom is 0.254 e. The smallest absolute Gasteiger partial charge is 0.254 e. The highest BCUT2D eigenvalue weighted by atomic mass is 35.5. The number of hydrogen-bond donors (Lipinski definition) is 1. The minimum Gasteiger partial charge on any atom is -0.489 e. The first-order chi connectivity index (χ1) is 28.1. The minimum atomic E-state index is -0.592. The molecule has 1 atom stereocenters. The van der Waals surface area contributed by atoms with E-state index in [-0.39, 0.29) is 46.4 Å². The Balaban J connectivity index is 0.848. The van der Waals surface area contributed by atoms with E-state index in [1.54, 1.807) is 24.3 Å². The van der Waals surface area contributed by atoms with Gasteiger partial charge >= 0.3 is 0 Å². The van der Waals surface area contributed by atoms with Crippen LogP contribution in [-0.2, 0) is 4.79 Å². The number of nitrogens with one attached hydrogen (secondary N) is 1. The molecule has 0 bridgehead atoms. The molecule has 2 saturated carbocycles. The SMILES string of the molecule is C=C1CC[C@H](NC(=O)c2ccc(N3CCC(N4CCC(C#Cc5ccc(C(=O)CC6C(C)(C)C(Oc7ccc(C#N)c(Cl)c7)C6(C)C)cc5)CC4)CC3)cc2F)C(=O)C1. The molecule has 4 aliphatic rings. The summed E-state index contributed by atoms with van der Waals surface area (Å²) in [7, 11) is 0. The fraction of sp³-hybridized carbons (Fsp3) is 0.469. The molecule has 7 rings (SSSR count). The van der Waals surface area contributed by atoms with Crippen molar-refractivity contribution >= 4 is 34.8 Å². The predicted octanol–water partition coefficient (Wildman–Crippen LogP) is 9.19. The number of anilines is 1. The fourth-order valence-corrected chi connectivity index (χ4v) is 10.4. The summed E-state index contributed by atoms with van der Waals surface area (Å²) in [6.07, 6.45) is 5.73. The van der Waals surface area contributed by atoms with E-state index in [2.05, 4.69) is 67.3 Å². The van der Waals surface area contributed by atoms with Gasteiger partial charge in [0.15, 0.2) is 11.6 Å². The summed E-state index contributed by atoms with van der Waals surface area (Å²) < 4.78 is 21.6. The monoisotopic (exact) mass is 816 g/mol. The zero-order chi connectivity index (χ0) is 42.1. The van der Waals surface area contributed by atoms with Gasteiger partial charge in [-0.1, -0.05) is 75.4 Å². The number of nitriles is 1. The second kappa shape index (κ2) is 17.3. The Labute approximate surface area is 353 Å². The first-order valence-corrected chi connectivity index (χ1v) is 21.3. The molecule has 1 amide bonds. The number of allylic oxidation sites excluding steroid dienone is 1. The first kappa shape index (κ1) is 42.2. The lowest BCUT2D eigenvalue weighted by molar-refractivity contribution is -0.196. The summed E-state index contributed by atoms with van der Waals surface area (Å²) in [5, 5.41) is 12.3. The number of ketones is 2. The Bertz CT molecular complexity index is 2200. The van der Waals surface area contributed by atoms with Gasteiger partial charge in [0.05, 0.1) is 22.2 Å². The van der Waals surface area contributed by atoms with Crippen molar-refractivity contribution in [3.05, 3.63) is 106 Å². The van der Waals surface area contributed by atoms with Crippen molar-refractivity contribution in [1.82, 2.24) is 10.2 Å². The Morgan fingerprint density at radius 2 is 1.64 bits per heavy atom. The molecule has 0 radical (unpaired) electrons. The zero-order valence-electron chi connectivity index (χ0n) is 34.6. The van der Waals surface area contributed by atoms with Crippen LogP contribution in [-0.4, -0.2) is 66.7 Å². The number of rotatable bonds is 9. The molecule has 2 saturated heterocycles. The summed E-state index contributed by atoms with van der Waals surface area (Å²) in [6.45, 7) is 16.1. The molecule has 0 unspecified atom stereocenters. The van der Waals surface area contributed by atoms with Crippen molar-refractivity contribution in [2.75, 3.05) is 31.1 Å². The standard InChI is InChI=1S/C49H54ClFN4O4/c1-31-6-17-42(44(57)26-31)53-46(58)39-16-14-37(27-41(39)51)55-24-20-36(21-25-55)54-22-18-33(19-23-54)8-7-32-9-11-34(12-10-32)43(56)29-45-48(2,3)47(49(45,4)5)59-38-15-13-35(30-52)40(50)28-38/h9-16,27-28,33,36,42,45,47H,1,6,17-26,29H2,2-5H3,(H,53,58)/t42-,45?,47?/m0/s1. The number of carbonyl (C=O) groups is 3. The van der Waals surface area contributed by atoms with E-state index in [0.717, 1.165) is 68.7 Å². The van der Waals surface area contributed by atoms with E-state index in [1.807, 2.05) is 24.3 Å². The number of carbonyl (C=O) groups excluding carboxylic acids is 3. The molecule has 8 nitrogen and oxygen atoms in total. The van der Waals surface area contributed by atoms with Crippen LogP contribution >= 0.6 is 11.6 Å². The number of amides is 1. The van der Waals surface area contributed by atoms with Crippen LogP contribution in [0.25, 0.3) is 0 Å². The van der Waals surface area contributed by atoms with E-state index in [1.165, 1.54) is 12.1 Å². The van der Waals surface area contributed by atoms with Crippen LogP contribution in [0, 0.1) is 51.7 Å². The third kappa shape index (κ3) is 9.13. The second-order valence-corrected chi connectivity index (χ2v) is 18.5. The molecule has 2 aliphatic heterocycles. The van der Waals surface area contributed by atoms with Gasteiger partial charge in [-0.05, 0) is 100.0 Å². The third-order valence-electron chi connectivity index (χ3n) is 13.5. The maximum absolute atomic E-state index is 15.2. The van der Waals surface area contributed by atoms with Crippen molar-refractivity contribution in [2.24, 2.45) is 22.7 Å². The van der Waals surface area contributed by atoms with Crippen LogP contribution in [0.15, 0.2) is 72.8 Å². The summed E-state index contributed by atoms with van der Waals surface area (Å²) in [4.78, 5) is 43.4. The molecule has 10 heteroatoms. The van der Waals surface area contributed by atoms with Crippen molar-refractivity contribution in [3.63, 3.8) is 0 Å². The fourth-order valence-electron chi connectivity index (χ4n) is 10.2. The van der Waals surface area contributed by atoms with Gasteiger partial charge in [0.2, 0.25) is 0 Å². The van der Waals surface area contributed by atoms with Crippen LogP contribution < -0.4 is 15.0 Å². The highest BCUT2D eigenvalue weighted by Gasteiger charge is 2.63. The highest BCUT2D eigenvalue weighted by molar-refractivity contribution is 6.31. The second-order valence-electron chi connectivity index (χ2n) is 18.1. The van der Waals surface area contributed by atoms with Crippen LogP contribution in [0.5, 0.6) is 5.75 Å². The first-order valence-electron chi connectivity index (χ1n) is 20.9. The van der Waals surface area contributed by atoms with E-state index in [0.29, 0.717) is 53.1 Å². The summed E-state index contributed by atoms with van der Waals surface area (Å²) in [6, 6.07) is 19.6. The Hall–Kier alpha value is -4.96. The number of hydrogen-bond acceptors (Lipinski definition) is 7. The van der Waals surface area contributed by atoms with E-state index < -0.39 is 17.8 Å². The van der Waals surface area contributed by atoms with Gasteiger partial charge in [-0.2, -0.15) is 5.26 Å². The molecule has 0 aromatic heterocycles. The van der Waals surface area contributed by atoms with Crippen molar-refractivity contribution in [2.45, 2.75) is 97.2 Å². The van der Waals surface area contributed by atoms with Crippen LogP contribution in [0.4, 0.5) is 10.1 Å². The van der Waals surface area contributed by atoms with E-state index in [4.69, 9.17) is 16.3 Å². The molecule has 3 aromatic rings. The van der Waals surface area contributed by atoms with Gasteiger partial charge in [-0.3, -0.25) is 14.4 Å². The molecule has 1 N–H and O–H groups in total. The predicted molar refractivity (Wildman–Crippen MR) is 229 cm³/mol. The van der Waals surface area contributed by atoms with Gasteiger partial charge in [0.25, 0.3) is 5.91 Å².